The molecule has 1 fully saturated rings. The van der Waals surface area contributed by atoms with Crippen LogP contribution < -0.4 is 16.2 Å². The molecular formula is C11H19N5O. The van der Waals surface area contributed by atoms with Crippen LogP contribution in [0.1, 0.15) is 26.2 Å². The zero-order valence-corrected chi connectivity index (χ0v) is 10.1. The van der Waals surface area contributed by atoms with Crippen LogP contribution in [-0.4, -0.2) is 33.8 Å². The van der Waals surface area contributed by atoms with Crippen LogP contribution in [0, 0.1) is 0 Å². The van der Waals surface area contributed by atoms with Crippen molar-refractivity contribution in [3.8, 4) is 0 Å². The molecule has 4 N–H and O–H groups in total. The van der Waals surface area contributed by atoms with E-state index < -0.39 is 5.60 Å². The van der Waals surface area contributed by atoms with Crippen LogP contribution in [0.25, 0.3) is 0 Å². The van der Waals surface area contributed by atoms with E-state index >= 15 is 0 Å². The van der Waals surface area contributed by atoms with Crippen LogP contribution in [0.5, 0.6) is 0 Å². The molecule has 0 saturated carbocycles. The van der Waals surface area contributed by atoms with Gasteiger partial charge in [-0.1, -0.05) is 0 Å². The van der Waals surface area contributed by atoms with E-state index in [9.17, 15) is 5.11 Å². The predicted octanol–water partition coefficient (Wildman–Crippen LogP) is 0.503. The molecule has 0 bridgehead atoms. The molecule has 0 amide bonds. The van der Waals surface area contributed by atoms with E-state index in [4.69, 9.17) is 5.84 Å². The molecule has 6 heteroatoms. The lowest BCUT2D eigenvalue weighted by Crippen LogP contribution is -2.29. The summed E-state index contributed by atoms with van der Waals surface area (Å²) in [6.07, 6.45) is 4.22. The SMILES string of the molecule is CC1(O)CCCN(c2ccnc(NN)n2)CC1. The first-order valence-corrected chi connectivity index (χ1v) is 5.88. The number of rotatable bonds is 2. The lowest BCUT2D eigenvalue weighted by molar-refractivity contribution is 0.0481. The van der Waals surface area contributed by atoms with E-state index in [0.29, 0.717) is 5.95 Å². The van der Waals surface area contributed by atoms with Crippen molar-refractivity contribution in [1.29, 1.82) is 0 Å². The van der Waals surface area contributed by atoms with Crippen LogP contribution >= 0.6 is 0 Å². The van der Waals surface area contributed by atoms with Gasteiger partial charge in [0.1, 0.15) is 5.82 Å². The monoisotopic (exact) mass is 237 g/mol. The molecule has 1 unspecified atom stereocenters. The number of nitrogens with one attached hydrogen (secondary N) is 1. The van der Waals surface area contributed by atoms with Crippen LogP contribution in [0.3, 0.4) is 0 Å². The Balaban J connectivity index is 2.11. The van der Waals surface area contributed by atoms with E-state index in [1.54, 1.807) is 6.20 Å². The van der Waals surface area contributed by atoms with Crippen molar-refractivity contribution in [1.82, 2.24) is 9.97 Å². The van der Waals surface area contributed by atoms with E-state index in [1.165, 1.54) is 0 Å². The molecular weight excluding hydrogens is 218 g/mol. The molecule has 0 aliphatic carbocycles. The fourth-order valence-corrected chi connectivity index (χ4v) is 2.09. The Morgan fingerprint density at radius 2 is 2.29 bits per heavy atom. The number of hydrazine groups is 1. The second-order valence-electron chi connectivity index (χ2n) is 4.72. The molecule has 0 aromatic carbocycles. The third-order valence-electron chi connectivity index (χ3n) is 3.16. The maximum absolute atomic E-state index is 10.0. The Bertz CT molecular complexity index is 382. The minimum Gasteiger partial charge on any atom is -0.390 e. The van der Waals surface area contributed by atoms with Gasteiger partial charge in [-0.15, -0.1) is 0 Å². The van der Waals surface area contributed by atoms with Gasteiger partial charge in [-0.25, -0.2) is 10.8 Å². The topological polar surface area (TPSA) is 87.3 Å². The maximum atomic E-state index is 10.0. The molecule has 1 aromatic heterocycles. The van der Waals surface area contributed by atoms with E-state index in [2.05, 4.69) is 20.3 Å². The summed E-state index contributed by atoms with van der Waals surface area (Å²) in [6.45, 7) is 3.59. The van der Waals surface area contributed by atoms with Crippen molar-refractivity contribution >= 4 is 11.8 Å². The van der Waals surface area contributed by atoms with Gasteiger partial charge in [0.2, 0.25) is 5.95 Å². The van der Waals surface area contributed by atoms with Crippen molar-refractivity contribution in [2.45, 2.75) is 31.8 Å². The number of nitrogens with two attached hydrogens (primary N) is 1. The normalized spacial score (nSPS) is 25.5. The highest BCUT2D eigenvalue weighted by molar-refractivity contribution is 5.42. The Morgan fingerprint density at radius 3 is 3.06 bits per heavy atom. The first kappa shape index (κ1) is 12.1. The molecule has 0 radical (unpaired) electrons. The van der Waals surface area contributed by atoms with Crippen LogP contribution in [0.15, 0.2) is 12.3 Å². The van der Waals surface area contributed by atoms with Gasteiger partial charge in [0, 0.05) is 19.3 Å². The minimum absolute atomic E-state index is 0.415. The van der Waals surface area contributed by atoms with Crippen molar-refractivity contribution in [3.05, 3.63) is 12.3 Å². The molecule has 6 nitrogen and oxygen atoms in total. The van der Waals surface area contributed by atoms with Crippen molar-refractivity contribution in [3.63, 3.8) is 0 Å². The van der Waals surface area contributed by atoms with Gasteiger partial charge < -0.3 is 10.0 Å². The van der Waals surface area contributed by atoms with Crippen molar-refractivity contribution in [2.24, 2.45) is 5.84 Å². The standard InChI is InChI=1S/C11H19N5O/c1-11(17)4-2-7-16(8-5-11)9-3-6-13-10(14-9)15-12/h3,6,17H,2,4-5,7-8,12H2,1H3,(H,13,14,15). The summed E-state index contributed by atoms with van der Waals surface area (Å²) in [4.78, 5) is 10.4. The third kappa shape index (κ3) is 3.04. The fraction of sp³-hybridized carbons (Fsp3) is 0.636. The van der Waals surface area contributed by atoms with Crippen molar-refractivity contribution in [2.75, 3.05) is 23.4 Å². The first-order valence-electron chi connectivity index (χ1n) is 5.88. The van der Waals surface area contributed by atoms with E-state index in [0.717, 1.165) is 38.2 Å². The highest BCUT2D eigenvalue weighted by Gasteiger charge is 2.25. The number of hydrogen-bond acceptors (Lipinski definition) is 6. The Labute approximate surface area is 101 Å². The second-order valence-corrected chi connectivity index (χ2v) is 4.72. The zero-order valence-electron chi connectivity index (χ0n) is 10.1. The number of hydrogen-bond donors (Lipinski definition) is 3. The molecule has 1 atom stereocenters. The van der Waals surface area contributed by atoms with Crippen LogP contribution in [0.4, 0.5) is 11.8 Å². The molecule has 2 rings (SSSR count). The number of aliphatic hydroxyl groups is 1. The summed E-state index contributed by atoms with van der Waals surface area (Å²) in [5.74, 6) is 6.56. The van der Waals surface area contributed by atoms with Crippen molar-refractivity contribution < 1.29 is 5.11 Å². The van der Waals surface area contributed by atoms with Gasteiger partial charge >= 0.3 is 0 Å². The Morgan fingerprint density at radius 1 is 1.47 bits per heavy atom. The summed E-state index contributed by atoms with van der Waals surface area (Å²) >= 11 is 0. The molecule has 1 aliphatic heterocycles. The van der Waals surface area contributed by atoms with Crippen LogP contribution in [-0.2, 0) is 0 Å². The second kappa shape index (κ2) is 4.85. The number of anilines is 2. The zero-order chi connectivity index (χ0) is 12.3. The van der Waals surface area contributed by atoms with Gasteiger partial charge in [-0.05, 0) is 32.3 Å². The molecule has 0 spiro atoms. The summed E-state index contributed by atoms with van der Waals surface area (Å²) in [5.41, 5.74) is 1.88. The molecule has 17 heavy (non-hydrogen) atoms. The summed E-state index contributed by atoms with van der Waals surface area (Å²) < 4.78 is 0. The highest BCUT2D eigenvalue weighted by Crippen LogP contribution is 2.24. The Kier molecular flexibility index (Phi) is 3.44. The first-order chi connectivity index (χ1) is 8.11. The minimum atomic E-state index is -0.559. The summed E-state index contributed by atoms with van der Waals surface area (Å²) in [7, 11) is 0. The third-order valence-corrected chi connectivity index (χ3v) is 3.16. The largest absolute Gasteiger partial charge is 0.390 e. The van der Waals surface area contributed by atoms with E-state index in [-0.39, 0.29) is 0 Å². The van der Waals surface area contributed by atoms with E-state index in [1.807, 2.05) is 13.0 Å². The molecule has 1 saturated heterocycles. The lowest BCUT2D eigenvalue weighted by atomic mass is 9.98. The molecule has 1 aliphatic rings. The van der Waals surface area contributed by atoms with Gasteiger partial charge in [0.25, 0.3) is 0 Å². The predicted molar refractivity (Wildman–Crippen MR) is 66.5 cm³/mol. The summed E-state index contributed by atoms with van der Waals surface area (Å²) in [5, 5.41) is 10.0. The van der Waals surface area contributed by atoms with Gasteiger partial charge in [-0.3, -0.25) is 5.43 Å². The average Bonchev–Trinajstić information content (AvgIpc) is 2.50. The smallest absolute Gasteiger partial charge is 0.239 e. The lowest BCUT2D eigenvalue weighted by Gasteiger charge is -2.23. The van der Waals surface area contributed by atoms with Gasteiger partial charge in [0.15, 0.2) is 0 Å². The number of nitrogens with zero attached hydrogens (tertiary/aromatic N) is 3. The molecule has 1 aromatic rings. The molecule has 94 valence electrons. The van der Waals surface area contributed by atoms with Gasteiger partial charge in [0.05, 0.1) is 5.60 Å². The number of nitrogen functional groups attached to an aromatic ring is 1. The van der Waals surface area contributed by atoms with Gasteiger partial charge in [-0.2, -0.15) is 4.98 Å². The summed E-state index contributed by atoms with van der Waals surface area (Å²) in [6, 6.07) is 1.86. The van der Waals surface area contributed by atoms with Crippen LogP contribution in [0.2, 0.25) is 0 Å². The molecule has 2 heterocycles. The maximum Gasteiger partial charge on any atom is 0.239 e. The highest BCUT2D eigenvalue weighted by atomic mass is 16.3. The fourth-order valence-electron chi connectivity index (χ4n) is 2.09. The Hall–Kier alpha value is -1.40. The average molecular weight is 237 g/mol. The quantitative estimate of drug-likeness (QED) is 0.513. The number of aromatic nitrogens is 2.